The maximum absolute atomic E-state index is 11.3. The summed E-state index contributed by atoms with van der Waals surface area (Å²) in [5, 5.41) is 11.3. The van der Waals surface area contributed by atoms with Crippen LogP contribution in [0, 0.1) is 23.2 Å². The lowest BCUT2D eigenvalue weighted by atomic mass is 9.55. The van der Waals surface area contributed by atoms with Gasteiger partial charge in [0.2, 0.25) is 0 Å². The zero-order valence-corrected chi connectivity index (χ0v) is 18.1. The summed E-state index contributed by atoms with van der Waals surface area (Å²) in [7, 11) is 1.75. The van der Waals surface area contributed by atoms with Gasteiger partial charge in [-0.05, 0) is 84.1 Å². The Kier molecular flexibility index (Phi) is 5.18. The number of hydrogen-bond acceptors (Lipinski definition) is 3. The van der Waals surface area contributed by atoms with Crippen LogP contribution < -0.4 is 4.74 Å². The molecule has 158 valence electrons. The molecule has 0 radical (unpaired) electrons. The first-order valence-electron chi connectivity index (χ1n) is 11.5. The lowest BCUT2D eigenvalue weighted by Gasteiger charge is -2.50. The van der Waals surface area contributed by atoms with Gasteiger partial charge in [0.1, 0.15) is 5.75 Å². The first kappa shape index (κ1) is 19.8. The van der Waals surface area contributed by atoms with Crippen LogP contribution in [0.3, 0.4) is 0 Å². The highest BCUT2D eigenvalue weighted by atomic mass is 16.5. The number of benzene rings is 2. The first-order valence-corrected chi connectivity index (χ1v) is 11.5. The van der Waals surface area contributed by atoms with Gasteiger partial charge in [0.15, 0.2) is 0 Å². The van der Waals surface area contributed by atoms with Gasteiger partial charge in [0.05, 0.1) is 13.2 Å². The van der Waals surface area contributed by atoms with Crippen molar-refractivity contribution in [1.29, 1.82) is 0 Å². The molecule has 3 aliphatic carbocycles. The molecule has 0 aliphatic heterocycles. The van der Waals surface area contributed by atoms with E-state index >= 15 is 0 Å². The highest BCUT2D eigenvalue weighted by Gasteiger charge is 2.57. The van der Waals surface area contributed by atoms with Gasteiger partial charge in [-0.2, -0.15) is 0 Å². The second-order valence-corrected chi connectivity index (χ2v) is 9.87. The molecule has 2 aromatic carbocycles. The number of rotatable bonds is 4. The van der Waals surface area contributed by atoms with E-state index in [1.165, 1.54) is 24.0 Å². The molecule has 3 aliphatic rings. The molecule has 0 amide bonds. The topological polar surface area (TPSA) is 41.8 Å². The fourth-order valence-corrected chi connectivity index (χ4v) is 6.85. The van der Waals surface area contributed by atoms with E-state index in [2.05, 4.69) is 37.3 Å². The average molecular weight is 404 g/mol. The van der Waals surface area contributed by atoms with E-state index < -0.39 is 0 Å². The Hall–Kier alpha value is -2.13. The second-order valence-electron chi connectivity index (χ2n) is 9.87. The second kappa shape index (κ2) is 7.85. The molecule has 2 aromatic rings. The van der Waals surface area contributed by atoms with Crippen LogP contribution in [-0.2, 0) is 6.42 Å². The van der Waals surface area contributed by atoms with Gasteiger partial charge in [-0.15, -0.1) is 0 Å². The van der Waals surface area contributed by atoms with Crippen molar-refractivity contribution >= 4 is 6.21 Å². The largest absolute Gasteiger partial charge is 0.497 e. The molecule has 0 heterocycles. The molecule has 0 spiro atoms. The van der Waals surface area contributed by atoms with E-state index in [1.54, 1.807) is 7.11 Å². The Morgan fingerprint density at radius 3 is 2.80 bits per heavy atom. The van der Waals surface area contributed by atoms with Crippen LogP contribution in [0.25, 0.3) is 0 Å². The predicted octanol–water partition coefficient (Wildman–Crippen LogP) is 5.26. The minimum atomic E-state index is -0.242. The van der Waals surface area contributed by atoms with Gasteiger partial charge < -0.3 is 9.84 Å². The number of aliphatic hydroxyl groups is 1. The van der Waals surface area contributed by atoms with Gasteiger partial charge in [-0.3, -0.25) is 4.99 Å². The zero-order valence-electron chi connectivity index (χ0n) is 18.1. The van der Waals surface area contributed by atoms with Crippen molar-refractivity contribution in [3.05, 3.63) is 65.2 Å². The van der Waals surface area contributed by atoms with Crippen LogP contribution in [0.2, 0.25) is 0 Å². The van der Waals surface area contributed by atoms with Crippen molar-refractivity contribution in [2.24, 2.45) is 28.2 Å². The monoisotopic (exact) mass is 403 g/mol. The first-order chi connectivity index (χ1) is 14.6. The third kappa shape index (κ3) is 3.28. The number of fused-ring (bicyclic) bond motifs is 5. The van der Waals surface area contributed by atoms with Gasteiger partial charge in [-0.1, -0.05) is 43.3 Å². The number of aliphatic imine (C=N–C) groups is 1. The molecule has 1 N–H and O–H groups in total. The molecule has 2 fully saturated rings. The number of nitrogens with zero attached hydrogens (tertiary/aromatic N) is 1. The average Bonchev–Trinajstić information content (AvgIpc) is 3.04. The number of hydrogen-bond donors (Lipinski definition) is 1. The van der Waals surface area contributed by atoms with Gasteiger partial charge >= 0.3 is 0 Å². The summed E-state index contributed by atoms with van der Waals surface area (Å²) in [6, 6.07) is 16.9. The van der Waals surface area contributed by atoms with Crippen LogP contribution >= 0.6 is 0 Å². The molecule has 3 heteroatoms. The number of aliphatic hydroxyl groups excluding tert-OH is 1. The number of ether oxygens (including phenoxy) is 1. The van der Waals surface area contributed by atoms with Crippen LogP contribution in [0.1, 0.15) is 55.2 Å². The van der Waals surface area contributed by atoms with Crippen molar-refractivity contribution in [2.45, 2.75) is 51.0 Å². The highest BCUT2D eigenvalue weighted by molar-refractivity contribution is 5.79. The predicted molar refractivity (Wildman–Crippen MR) is 121 cm³/mol. The third-order valence-corrected chi connectivity index (χ3v) is 8.43. The van der Waals surface area contributed by atoms with Crippen LogP contribution in [0.4, 0.5) is 0 Å². The lowest BCUT2D eigenvalue weighted by molar-refractivity contribution is -0.0316. The normalized spacial score (nSPS) is 35.0. The van der Waals surface area contributed by atoms with Crippen LogP contribution in [0.15, 0.2) is 53.5 Å². The summed E-state index contributed by atoms with van der Waals surface area (Å²) in [4.78, 5) is 4.72. The summed E-state index contributed by atoms with van der Waals surface area (Å²) in [5.74, 6) is 3.16. The van der Waals surface area contributed by atoms with Gasteiger partial charge in [-0.25, -0.2) is 0 Å². The van der Waals surface area contributed by atoms with E-state index in [1.807, 2.05) is 24.4 Å². The van der Waals surface area contributed by atoms with E-state index in [0.717, 1.165) is 37.1 Å². The molecule has 0 saturated heterocycles. The lowest BCUT2D eigenvalue weighted by Crippen LogP contribution is -2.44. The number of methoxy groups -OCH3 is 1. The smallest absolute Gasteiger partial charge is 0.119 e. The molecule has 0 unspecified atom stereocenters. The summed E-state index contributed by atoms with van der Waals surface area (Å²) in [5.41, 5.74) is 4.18. The van der Waals surface area contributed by atoms with Crippen LogP contribution in [-0.4, -0.2) is 31.1 Å². The molecular weight excluding hydrogens is 370 g/mol. The fourth-order valence-electron chi connectivity index (χ4n) is 6.85. The molecule has 30 heavy (non-hydrogen) atoms. The number of aryl methyl sites for hydroxylation is 1. The molecule has 2 saturated carbocycles. The van der Waals surface area contributed by atoms with E-state index in [0.29, 0.717) is 17.8 Å². The van der Waals surface area contributed by atoms with Crippen molar-refractivity contribution in [3.63, 3.8) is 0 Å². The van der Waals surface area contributed by atoms with Gasteiger partial charge in [0.25, 0.3) is 0 Å². The summed E-state index contributed by atoms with van der Waals surface area (Å²) in [6.45, 7) is 3.08. The SMILES string of the molecule is COc1ccc2c(c1)CC[C@@H]1[C@@H]2CC[C@]2(C)[C@@H](O)[C@@H](CN=Cc3ccccc3)C[C@@H]12. The Labute approximate surface area is 180 Å². The highest BCUT2D eigenvalue weighted by Crippen LogP contribution is 2.62. The van der Waals surface area contributed by atoms with E-state index in [-0.39, 0.29) is 17.4 Å². The minimum absolute atomic E-state index is 0.0398. The van der Waals surface area contributed by atoms with Crippen LogP contribution in [0.5, 0.6) is 5.75 Å². The molecule has 6 atom stereocenters. The maximum Gasteiger partial charge on any atom is 0.119 e. The molecule has 5 rings (SSSR count). The zero-order chi connectivity index (χ0) is 20.7. The van der Waals surface area contributed by atoms with Crippen molar-refractivity contribution in [3.8, 4) is 5.75 Å². The summed E-state index contributed by atoms with van der Waals surface area (Å²) in [6.07, 6.45) is 7.50. The molecule has 0 aromatic heterocycles. The molecular formula is C27H33NO2. The third-order valence-electron chi connectivity index (χ3n) is 8.43. The Morgan fingerprint density at radius 2 is 2.00 bits per heavy atom. The van der Waals surface area contributed by atoms with E-state index in [9.17, 15) is 5.11 Å². The maximum atomic E-state index is 11.3. The Bertz CT molecular complexity index is 924. The Morgan fingerprint density at radius 1 is 1.17 bits per heavy atom. The van der Waals surface area contributed by atoms with Crippen molar-refractivity contribution < 1.29 is 9.84 Å². The molecule has 0 bridgehead atoms. The Balaban J connectivity index is 1.34. The minimum Gasteiger partial charge on any atom is -0.497 e. The van der Waals surface area contributed by atoms with Gasteiger partial charge in [0, 0.05) is 18.7 Å². The van der Waals surface area contributed by atoms with E-state index in [4.69, 9.17) is 9.73 Å². The summed E-state index contributed by atoms with van der Waals surface area (Å²) < 4.78 is 5.45. The van der Waals surface area contributed by atoms with Crippen molar-refractivity contribution in [1.82, 2.24) is 0 Å². The fraction of sp³-hybridized carbons (Fsp3) is 0.519. The van der Waals surface area contributed by atoms with Crippen molar-refractivity contribution in [2.75, 3.05) is 13.7 Å². The quantitative estimate of drug-likeness (QED) is 0.708. The summed E-state index contributed by atoms with van der Waals surface area (Å²) >= 11 is 0. The standard InChI is InChI=1S/C27H33NO2/c1-27-13-12-23-22-11-9-21(30-2)14-19(22)8-10-24(23)25(27)15-20(26(27)29)17-28-16-18-6-4-3-5-7-18/h3-7,9,11,14,16,20,23-26,29H,8,10,12-13,15,17H2,1-2H3/t20-,23-,24-,25+,26+,27+/m1/s1. The molecule has 3 nitrogen and oxygen atoms in total.